The molecule has 1 fully saturated rings. The standard InChI is InChI=1S/C21H29N3O/c1-23-14-6-4-8-20(23)17-24(16-19-7-3-5-13-22-19)15-18-9-11-21(25-2)12-10-18/h3,5,7,9-13,20H,4,6,8,14-17H2,1-2H3/t20-/m0/s1. The number of aromatic nitrogens is 1. The van der Waals surface area contributed by atoms with Crippen LogP contribution in [-0.2, 0) is 13.1 Å². The quantitative estimate of drug-likeness (QED) is 0.771. The Morgan fingerprint density at radius 1 is 1.12 bits per heavy atom. The van der Waals surface area contributed by atoms with Crippen molar-refractivity contribution in [2.24, 2.45) is 0 Å². The van der Waals surface area contributed by atoms with E-state index >= 15 is 0 Å². The molecule has 4 heteroatoms. The molecule has 0 aliphatic carbocycles. The molecule has 0 unspecified atom stereocenters. The van der Waals surface area contributed by atoms with Gasteiger partial charge in [0.25, 0.3) is 0 Å². The number of likely N-dealkylation sites (tertiary alicyclic amines) is 1. The van der Waals surface area contributed by atoms with Gasteiger partial charge in [-0.05, 0) is 56.3 Å². The molecule has 1 atom stereocenters. The summed E-state index contributed by atoms with van der Waals surface area (Å²) in [5.74, 6) is 0.909. The van der Waals surface area contributed by atoms with Crippen LogP contribution in [0, 0.1) is 0 Å². The number of benzene rings is 1. The van der Waals surface area contributed by atoms with Crippen molar-refractivity contribution in [1.82, 2.24) is 14.8 Å². The third-order valence-corrected chi connectivity index (χ3v) is 5.07. The first-order valence-corrected chi connectivity index (χ1v) is 9.20. The lowest BCUT2D eigenvalue weighted by Gasteiger charge is -2.36. The summed E-state index contributed by atoms with van der Waals surface area (Å²) in [6, 6.07) is 15.2. The molecule has 0 saturated carbocycles. The summed E-state index contributed by atoms with van der Waals surface area (Å²) in [6.07, 6.45) is 5.84. The highest BCUT2D eigenvalue weighted by Crippen LogP contribution is 2.19. The third-order valence-electron chi connectivity index (χ3n) is 5.07. The Morgan fingerprint density at radius 3 is 2.64 bits per heavy atom. The van der Waals surface area contributed by atoms with Crippen molar-refractivity contribution in [1.29, 1.82) is 0 Å². The lowest BCUT2D eigenvalue weighted by atomic mass is 10.0. The van der Waals surface area contributed by atoms with Crippen molar-refractivity contribution in [2.75, 3.05) is 27.2 Å². The van der Waals surface area contributed by atoms with Crippen molar-refractivity contribution in [3.05, 3.63) is 59.9 Å². The highest BCUT2D eigenvalue weighted by Gasteiger charge is 2.22. The van der Waals surface area contributed by atoms with Crippen LogP contribution in [0.5, 0.6) is 5.75 Å². The number of pyridine rings is 1. The molecule has 0 spiro atoms. The van der Waals surface area contributed by atoms with Gasteiger partial charge in [-0.25, -0.2) is 0 Å². The van der Waals surface area contributed by atoms with Crippen LogP contribution in [-0.4, -0.2) is 48.1 Å². The first kappa shape index (κ1) is 17.9. The van der Waals surface area contributed by atoms with Gasteiger partial charge in [-0.2, -0.15) is 0 Å². The Morgan fingerprint density at radius 2 is 1.96 bits per heavy atom. The smallest absolute Gasteiger partial charge is 0.118 e. The number of ether oxygens (including phenoxy) is 1. The fourth-order valence-corrected chi connectivity index (χ4v) is 3.57. The van der Waals surface area contributed by atoms with Gasteiger partial charge in [0.2, 0.25) is 0 Å². The predicted octanol–water partition coefficient (Wildman–Crippen LogP) is 3.58. The van der Waals surface area contributed by atoms with Crippen LogP contribution < -0.4 is 4.74 Å². The van der Waals surface area contributed by atoms with E-state index in [1.54, 1.807) is 7.11 Å². The molecule has 0 amide bonds. The number of hydrogen-bond acceptors (Lipinski definition) is 4. The lowest BCUT2D eigenvalue weighted by molar-refractivity contribution is 0.120. The van der Waals surface area contributed by atoms with Crippen molar-refractivity contribution < 1.29 is 4.74 Å². The first-order chi connectivity index (χ1) is 12.2. The van der Waals surface area contributed by atoms with Gasteiger partial charge < -0.3 is 9.64 Å². The second-order valence-corrected chi connectivity index (χ2v) is 6.97. The van der Waals surface area contributed by atoms with Crippen LogP contribution in [0.4, 0.5) is 0 Å². The highest BCUT2D eigenvalue weighted by atomic mass is 16.5. The average Bonchev–Trinajstić information content (AvgIpc) is 2.65. The number of methoxy groups -OCH3 is 1. The van der Waals surface area contributed by atoms with Crippen LogP contribution in [0.3, 0.4) is 0 Å². The van der Waals surface area contributed by atoms with E-state index in [0.29, 0.717) is 6.04 Å². The Labute approximate surface area is 151 Å². The maximum absolute atomic E-state index is 5.28. The second kappa shape index (κ2) is 8.97. The number of hydrogen-bond donors (Lipinski definition) is 0. The van der Waals surface area contributed by atoms with Crippen molar-refractivity contribution >= 4 is 0 Å². The van der Waals surface area contributed by atoms with E-state index in [1.807, 2.05) is 24.4 Å². The van der Waals surface area contributed by atoms with Gasteiger partial charge in [0.1, 0.15) is 5.75 Å². The molecule has 1 aromatic carbocycles. The van der Waals surface area contributed by atoms with E-state index in [-0.39, 0.29) is 0 Å². The van der Waals surface area contributed by atoms with Gasteiger partial charge >= 0.3 is 0 Å². The van der Waals surface area contributed by atoms with Gasteiger partial charge in [-0.1, -0.05) is 24.6 Å². The van der Waals surface area contributed by atoms with Gasteiger partial charge in [-0.3, -0.25) is 9.88 Å². The van der Waals surface area contributed by atoms with Gasteiger partial charge in [-0.15, -0.1) is 0 Å². The molecule has 25 heavy (non-hydrogen) atoms. The van der Waals surface area contributed by atoms with E-state index in [4.69, 9.17) is 4.74 Å². The second-order valence-electron chi connectivity index (χ2n) is 6.97. The Hall–Kier alpha value is -1.91. The molecule has 0 N–H and O–H groups in total. The maximum Gasteiger partial charge on any atom is 0.118 e. The fraction of sp³-hybridized carbons (Fsp3) is 0.476. The van der Waals surface area contributed by atoms with Crippen LogP contribution in [0.25, 0.3) is 0 Å². The topological polar surface area (TPSA) is 28.6 Å². The molecular formula is C21H29N3O. The van der Waals surface area contributed by atoms with Crippen LogP contribution in [0.2, 0.25) is 0 Å². The SMILES string of the molecule is COc1ccc(CN(Cc2ccccn2)C[C@@H]2CCCCN2C)cc1. The van der Waals surface area contributed by atoms with Gasteiger partial charge in [0.15, 0.2) is 0 Å². The van der Waals surface area contributed by atoms with Crippen LogP contribution >= 0.6 is 0 Å². The summed E-state index contributed by atoms with van der Waals surface area (Å²) in [7, 11) is 3.97. The first-order valence-electron chi connectivity index (χ1n) is 9.20. The number of likely N-dealkylation sites (N-methyl/N-ethyl adjacent to an activating group) is 1. The molecule has 2 heterocycles. The van der Waals surface area contributed by atoms with Crippen LogP contribution in [0.15, 0.2) is 48.7 Å². The largest absolute Gasteiger partial charge is 0.497 e. The summed E-state index contributed by atoms with van der Waals surface area (Å²) in [5.41, 5.74) is 2.45. The predicted molar refractivity (Wildman–Crippen MR) is 102 cm³/mol. The fourth-order valence-electron chi connectivity index (χ4n) is 3.57. The minimum absolute atomic E-state index is 0.635. The molecule has 0 radical (unpaired) electrons. The summed E-state index contributed by atoms with van der Waals surface area (Å²) in [6.45, 7) is 4.12. The lowest BCUT2D eigenvalue weighted by Crippen LogP contribution is -2.44. The Balaban J connectivity index is 1.70. The minimum Gasteiger partial charge on any atom is -0.497 e. The summed E-state index contributed by atoms with van der Waals surface area (Å²) < 4.78 is 5.28. The molecule has 1 aromatic heterocycles. The summed E-state index contributed by atoms with van der Waals surface area (Å²) >= 11 is 0. The monoisotopic (exact) mass is 339 g/mol. The van der Waals surface area contributed by atoms with Crippen molar-refractivity contribution in [3.8, 4) is 5.75 Å². The van der Waals surface area contributed by atoms with Crippen molar-refractivity contribution in [3.63, 3.8) is 0 Å². The molecule has 3 rings (SSSR count). The van der Waals surface area contributed by atoms with E-state index < -0.39 is 0 Å². The maximum atomic E-state index is 5.28. The Bertz CT molecular complexity index is 629. The zero-order chi connectivity index (χ0) is 17.5. The zero-order valence-electron chi connectivity index (χ0n) is 15.4. The molecule has 134 valence electrons. The molecular weight excluding hydrogens is 310 g/mol. The zero-order valence-corrected chi connectivity index (χ0v) is 15.4. The van der Waals surface area contributed by atoms with Gasteiger partial charge in [0, 0.05) is 31.9 Å². The highest BCUT2D eigenvalue weighted by molar-refractivity contribution is 5.27. The van der Waals surface area contributed by atoms with E-state index in [1.165, 1.54) is 31.4 Å². The molecule has 0 bridgehead atoms. The molecule has 1 saturated heterocycles. The van der Waals surface area contributed by atoms with Gasteiger partial charge in [0.05, 0.1) is 12.8 Å². The Kier molecular flexibility index (Phi) is 6.42. The summed E-state index contributed by atoms with van der Waals surface area (Å²) in [5, 5.41) is 0. The number of piperidine rings is 1. The van der Waals surface area contributed by atoms with E-state index in [9.17, 15) is 0 Å². The molecule has 1 aliphatic heterocycles. The minimum atomic E-state index is 0.635. The number of rotatable bonds is 7. The van der Waals surface area contributed by atoms with E-state index in [0.717, 1.165) is 31.1 Å². The average molecular weight is 339 g/mol. The third kappa shape index (κ3) is 5.28. The summed E-state index contributed by atoms with van der Waals surface area (Å²) in [4.78, 5) is 9.57. The number of nitrogens with zero attached hydrogens (tertiary/aromatic N) is 3. The van der Waals surface area contributed by atoms with E-state index in [2.05, 4.69) is 46.1 Å². The molecule has 1 aliphatic rings. The molecule has 4 nitrogen and oxygen atoms in total. The normalized spacial score (nSPS) is 18.4. The van der Waals surface area contributed by atoms with Crippen LogP contribution in [0.1, 0.15) is 30.5 Å². The molecule has 2 aromatic rings. The van der Waals surface area contributed by atoms with Crippen molar-refractivity contribution in [2.45, 2.75) is 38.4 Å².